The molecule has 1 aliphatic rings. The zero-order valence-electron chi connectivity index (χ0n) is 11.9. The van der Waals surface area contributed by atoms with Gasteiger partial charge in [0.2, 0.25) is 0 Å². The molecule has 1 aromatic rings. The Labute approximate surface area is 110 Å². The fourth-order valence-electron chi connectivity index (χ4n) is 2.67. The Morgan fingerprint density at radius 3 is 2.61 bits per heavy atom. The summed E-state index contributed by atoms with van der Waals surface area (Å²) >= 11 is 0. The monoisotopic (exact) mass is 249 g/mol. The van der Waals surface area contributed by atoms with Crippen molar-refractivity contribution in [2.24, 2.45) is 11.3 Å². The molecule has 0 aromatic heterocycles. The van der Waals surface area contributed by atoms with Gasteiger partial charge in [-0.2, -0.15) is 0 Å². The van der Waals surface area contributed by atoms with Gasteiger partial charge in [-0.25, -0.2) is 4.39 Å². The van der Waals surface area contributed by atoms with Gasteiger partial charge in [0.15, 0.2) is 0 Å². The molecule has 1 aliphatic carbocycles. The van der Waals surface area contributed by atoms with E-state index in [4.69, 9.17) is 0 Å². The summed E-state index contributed by atoms with van der Waals surface area (Å²) in [6.45, 7) is 9.56. The predicted molar refractivity (Wildman–Crippen MR) is 74.1 cm³/mol. The first-order valence-electron chi connectivity index (χ1n) is 6.95. The van der Waals surface area contributed by atoms with Crippen molar-refractivity contribution in [3.05, 3.63) is 35.1 Å². The van der Waals surface area contributed by atoms with Crippen molar-refractivity contribution in [1.82, 2.24) is 5.32 Å². The van der Waals surface area contributed by atoms with Crippen LogP contribution in [0.5, 0.6) is 0 Å². The molecule has 100 valence electrons. The van der Waals surface area contributed by atoms with E-state index in [0.29, 0.717) is 17.4 Å². The molecule has 0 amide bonds. The molecule has 2 heteroatoms. The van der Waals surface area contributed by atoms with E-state index in [-0.39, 0.29) is 5.82 Å². The van der Waals surface area contributed by atoms with Crippen LogP contribution in [0.25, 0.3) is 0 Å². The number of aryl methyl sites for hydroxylation is 1. The molecule has 2 rings (SSSR count). The summed E-state index contributed by atoms with van der Waals surface area (Å²) in [5.41, 5.74) is 2.22. The zero-order chi connectivity index (χ0) is 13.3. The van der Waals surface area contributed by atoms with Crippen LogP contribution in [-0.4, -0.2) is 6.54 Å². The normalized spacial score (nSPS) is 22.8. The highest BCUT2D eigenvalue weighted by molar-refractivity contribution is 5.28. The minimum Gasteiger partial charge on any atom is -0.310 e. The third kappa shape index (κ3) is 2.74. The summed E-state index contributed by atoms with van der Waals surface area (Å²) in [5, 5.41) is 3.58. The van der Waals surface area contributed by atoms with Crippen molar-refractivity contribution >= 4 is 0 Å². The number of hydrogen-bond donors (Lipinski definition) is 1. The summed E-state index contributed by atoms with van der Waals surface area (Å²) < 4.78 is 13.7. The van der Waals surface area contributed by atoms with Crippen molar-refractivity contribution in [2.45, 2.75) is 46.6 Å². The number of rotatable bonds is 5. The Bertz CT molecular complexity index is 425. The van der Waals surface area contributed by atoms with Crippen LogP contribution in [0, 0.1) is 24.1 Å². The van der Waals surface area contributed by atoms with Crippen LogP contribution in [0.4, 0.5) is 4.39 Å². The number of nitrogens with one attached hydrogen (secondary N) is 1. The summed E-state index contributed by atoms with van der Waals surface area (Å²) in [5.74, 6) is 0.542. The molecule has 0 spiro atoms. The van der Waals surface area contributed by atoms with Crippen molar-refractivity contribution in [3.8, 4) is 0 Å². The van der Waals surface area contributed by atoms with Gasteiger partial charge < -0.3 is 5.32 Å². The van der Waals surface area contributed by atoms with Gasteiger partial charge in [0.25, 0.3) is 0 Å². The molecule has 2 atom stereocenters. The van der Waals surface area contributed by atoms with E-state index in [0.717, 1.165) is 24.1 Å². The molecule has 1 fully saturated rings. The average Bonchev–Trinajstić information content (AvgIpc) is 2.93. The average molecular weight is 249 g/mol. The standard InChI is InChI=1S/C16H24FN/c1-5-8-18-15(13-10-16(13,3)4)12-7-6-11(2)14(17)9-12/h6-7,9,13,15,18H,5,8,10H2,1-4H3. The summed E-state index contributed by atoms with van der Waals surface area (Å²) in [6.07, 6.45) is 2.34. The number of hydrogen-bond acceptors (Lipinski definition) is 1. The van der Waals surface area contributed by atoms with Crippen LogP contribution in [0.1, 0.15) is 50.8 Å². The van der Waals surface area contributed by atoms with Crippen molar-refractivity contribution in [1.29, 1.82) is 0 Å². The van der Waals surface area contributed by atoms with Crippen LogP contribution < -0.4 is 5.32 Å². The predicted octanol–water partition coefficient (Wildman–Crippen LogP) is 4.22. The Balaban J connectivity index is 2.20. The summed E-state index contributed by atoms with van der Waals surface area (Å²) in [6, 6.07) is 5.97. The lowest BCUT2D eigenvalue weighted by atomic mass is 9.96. The van der Waals surface area contributed by atoms with E-state index in [2.05, 4.69) is 32.2 Å². The molecule has 1 N–H and O–H groups in total. The van der Waals surface area contributed by atoms with Gasteiger partial charge in [0.05, 0.1) is 0 Å². The molecule has 1 saturated carbocycles. The van der Waals surface area contributed by atoms with E-state index in [9.17, 15) is 4.39 Å². The lowest BCUT2D eigenvalue weighted by Crippen LogP contribution is -2.25. The maximum Gasteiger partial charge on any atom is 0.126 e. The molecule has 0 saturated heterocycles. The fraction of sp³-hybridized carbons (Fsp3) is 0.625. The maximum atomic E-state index is 13.7. The second-order valence-electron chi connectivity index (χ2n) is 6.24. The molecule has 1 aromatic carbocycles. The molecule has 18 heavy (non-hydrogen) atoms. The minimum atomic E-state index is -0.0887. The van der Waals surface area contributed by atoms with Crippen molar-refractivity contribution in [2.75, 3.05) is 6.54 Å². The molecule has 0 aliphatic heterocycles. The van der Waals surface area contributed by atoms with Gasteiger partial charge in [-0.15, -0.1) is 0 Å². The highest BCUT2D eigenvalue weighted by atomic mass is 19.1. The SMILES string of the molecule is CCCNC(c1ccc(C)c(F)c1)C1CC1(C)C. The molecule has 0 radical (unpaired) electrons. The highest BCUT2D eigenvalue weighted by Gasteiger charge is 2.50. The van der Waals surface area contributed by atoms with Gasteiger partial charge in [-0.3, -0.25) is 0 Å². The van der Waals surface area contributed by atoms with Gasteiger partial charge in [0, 0.05) is 6.04 Å². The van der Waals surface area contributed by atoms with Crippen molar-refractivity contribution in [3.63, 3.8) is 0 Å². The Morgan fingerprint density at radius 1 is 1.44 bits per heavy atom. The Hall–Kier alpha value is -0.890. The van der Waals surface area contributed by atoms with Crippen LogP contribution >= 0.6 is 0 Å². The fourth-order valence-corrected chi connectivity index (χ4v) is 2.67. The smallest absolute Gasteiger partial charge is 0.126 e. The minimum absolute atomic E-state index is 0.0887. The second-order valence-corrected chi connectivity index (χ2v) is 6.24. The third-order valence-electron chi connectivity index (χ3n) is 4.16. The van der Waals surface area contributed by atoms with Gasteiger partial charge >= 0.3 is 0 Å². The molecule has 2 unspecified atom stereocenters. The third-order valence-corrected chi connectivity index (χ3v) is 4.16. The first-order valence-corrected chi connectivity index (χ1v) is 6.95. The van der Waals surface area contributed by atoms with E-state index >= 15 is 0 Å². The Kier molecular flexibility index (Phi) is 3.76. The Morgan fingerprint density at radius 2 is 2.11 bits per heavy atom. The largest absolute Gasteiger partial charge is 0.310 e. The summed E-state index contributed by atoms with van der Waals surface area (Å²) in [7, 11) is 0. The number of halogens is 1. The second kappa shape index (κ2) is 5.00. The molecule has 1 nitrogen and oxygen atoms in total. The lowest BCUT2D eigenvalue weighted by molar-refractivity contribution is 0.414. The highest BCUT2D eigenvalue weighted by Crippen LogP contribution is 2.57. The number of benzene rings is 1. The van der Waals surface area contributed by atoms with Crippen LogP contribution in [0.2, 0.25) is 0 Å². The van der Waals surface area contributed by atoms with E-state index in [1.54, 1.807) is 6.07 Å². The molecule has 0 bridgehead atoms. The van der Waals surface area contributed by atoms with E-state index in [1.165, 1.54) is 6.42 Å². The van der Waals surface area contributed by atoms with E-state index < -0.39 is 0 Å². The first kappa shape index (κ1) is 13.5. The first-order chi connectivity index (χ1) is 8.45. The quantitative estimate of drug-likeness (QED) is 0.823. The molecular formula is C16H24FN. The van der Waals surface area contributed by atoms with Crippen LogP contribution in [0.3, 0.4) is 0 Å². The molecular weight excluding hydrogens is 225 g/mol. The van der Waals surface area contributed by atoms with Gasteiger partial charge in [0.1, 0.15) is 5.82 Å². The van der Waals surface area contributed by atoms with Gasteiger partial charge in [-0.05, 0) is 54.8 Å². The zero-order valence-corrected chi connectivity index (χ0v) is 11.9. The van der Waals surface area contributed by atoms with Crippen LogP contribution in [0.15, 0.2) is 18.2 Å². The van der Waals surface area contributed by atoms with Crippen molar-refractivity contribution < 1.29 is 4.39 Å². The molecule has 0 heterocycles. The van der Waals surface area contributed by atoms with E-state index in [1.807, 2.05) is 13.0 Å². The lowest BCUT2D eigenvalue weighted by Gasteiger charge is -2.21. The summed E-state index contributed by atoms with van der Waals surface area (Å²) in [4.78, 5) is 0. The topological polar surface area (TPSA) is 12.0 Å². The van der Waals surface area contributed by atoms with Gasteiger partial charge in [-0.1, -0.05) is 32.9 Å². The van der Waals surface area contributed by atoms with Crippen LogP contribution in [-0.2, 0) is 0 Å². The maximum absolute atomic E-state index is 13.7.